The summed E-state index contributed by atoms with van der Waals surface area (Å²) < 4.78 is 5.33. The molecule has 1 aromatic carbocycles. The van der Waals surface area contributed by atoms with Gasteiger partial charge in [0.05, 0.1) is 13.2 Å². The van der Waals surface area contributed by atoms with E-state index in [-0.39, 0.29) is 5.41 Å². The van der Waals surface area contributed by atoms with Gasteiger partial charge >= 0.3 is 0 Å². The summed E-state index contributed by atoms with van der Waals surface area (Å²) >= 11 is 0. The fraction of sp³-hybridized carbons (Fsp3) is 0.647. The molecule has 1 unspecified atom stereocenters. The molecule has 4 nitrogen and oxygen atoms in total. The summed E-state index contributed by atoms with van der Waals surface area (Å²) in [6, 6.07) is 5.88. The molecule has 0 amide bonds. The zero-order chi connectivity index (χ0) is 16.0. The average Bonchev–Trinajstić information content (AvgIpc) is 2.36. The number of methoxy groups -OCH3 is 1. The zero-order valence-corrected chi connectivity index (χ0v) is 14.2. The first-order chi connectivity index (χ1) is 9.75. The Labute approximate surface area is 129 Å². The summed E-state index contributed by atoms with van der Waals surface area (Å²) in [6.07, 6.45) is -0.560. The summed E-state index contributed by atoms with van der Waals surface area (Å²) in [5.41, 5.74) is 2.13. The Morgan fingerprint density at radius 1 is 1.33 bits per heavy atom. The van der Waals surface area contributed by atoms with Gasteiger partial charge in [0, 0.05) is 25.2 Å². The van der Waals surface area contributed by atoms with Gasteiger partial charge in [0.25, 0.3) is 0 Å². The number of nitrogens with one attached hydrogen (secondary N) is 1. The molecule has 0 radical (unpaired) electrons. The minimum absolute atomic E-state index is 0.167. The van der Waals surface area contributed by atoms with E-state index in [1.807, 2.05) is 25.1 Å². The number of aryl methyl sites for hydroxylation is 1. The highest BCUT2D eigenvalue weighted by atomic mass is 16.5. The number of rotatable bonds is 8. The van der Waals surface area contributed by atoms with Crippen LogP contribution in [0.3, 0.4) is 0 Å². The molecular formula is C17H30N2O2. The molecule has 0 aliphatic rings. The summed E-state index contributed by atoms with van der Waals surface area (Å²) in [5.74, 6) is 0.738. The lowest BCUT2D eigenvalue weighted by atomic mass is 9.93. The highest BCUT2D eigenvalue weighted by Gasteiger charge is 2.20. The second kappa shape index (κ2) is 7.78. The van der Waals surface area contributed by atoms with Crippen molar-refractivity contribution in [2.45, 2.75) is 26.9 Å². The molecule has 1 aromatic rings. The number of nitrogens with zero attached hydrogens (tertiary/aromatic N) is 1. The van der Waals surface area contributed by atoms with Gasteiger partial charge in [-0.1, -0.05) is 25.5 Å². The van der Waals surface area contributed by atoms with E-state index in [2.05, 4.69) is 38.2 Å². The van der Waals surface area contributed by atoms with E-state index < -0.39 is 6.10 Å². The molecule has 1 atom stereocenters. The van der Waals surface area contributed by atoms with Gasteiger partial charge in [-0.2, -0.15) is 0 Å². The Balaban J connectivity index is 2.58. The van der Waals surface area contributed by atoms with Crippen molar-refractivity contribution in [1.29, 1.82) is 0 Å². The van der Waals surface area contributed by atoms with E-state index in [0.717, 1.165) is 30.0 Å². The van der Waals surface area contributed by atoms with E-state index in [9.17, 15) is 5.11 Å². The predicted octanol–water partition coefficient (Wildman–Crippen LogP) is 2.21. The topological polar surface area (TPSA) is 44.7 Å². The smallest absolute Gasteiger partial charge is 0.124 e. The Morgan fingerprint density at radius 3 is 2.57 bits per heavy atom. The Hall–Kier alpha value is -1.10. The van der Waals surface area contributed by atoms with Crippen molar-refractivity contribution in [3.63, 3.8) is 0 Å². The summed E-state index contributed by atoms with van der Waals surface area (Å²) in [7, 11) is 5.79. The van der Waals surface area contributed by atoms with E-state index in [1.54, 1.807) is 7.11 Å². The summed E-state index contributed by atoms with van der Waals surface area (Å²) in [6.45, 7) is 8.85. The van der Waals surface area contributed by atoms with Crippen molar-refractivity contribution < 1.29 is 9.84 Å². The van der Waals surface area contributed by atoms with Gasteiger partial charge < -0.3 is 20.1 Å². The van der Waals surface area contributed by atoms with Crippen LogP contribution in [-0.4, -0.2) is 50.8 Å². The normalized spacial score (nSPS) is 13.5. The lowest BCUT2D eigenvalue weighted by Crippen LogP contribution is -2.38. The van der Waals surface area contributed by atoms with Gasteiger partial charge in [0.15, 0.2) is 0 Å². The van der Waals surface area contributed by atoms with Crippen LogP contribution in [0, 0.1) is 12.3 Å². The van der Waals surface area contributed by atoms with Crippen molar-refractivity contribution >= 4 is 0 Å². The maximum absolute atomic E-state index is 10.4. The summed E-state index contributed by atoms with van der Waals surface area (Å²) in [5, 5.41) is 13.8. The SMILES string of the molecule is COc1ccc(C)cc1C(O)CNCC(C)(C)CN(C)C. The molecule has 21 heavy (non-hydrogen) atoms. The van der Waals surface area contributed by atoms with Crippen LogP contribution in [-0.2, 0) is 0 Å². The molecule has 0 spiro atoms. The van der Waals surface area contributed by atoms with E-state index in [0.29, 0.717) is 6.54 Å². The zero-order valence-electron chi connectivity index (χ0n) is 14.2. The molecular weight excluding hydrogens is 264 g/mol. The highest BCUT2D eigenvalue weighted by molar-refractivity contribution is 5.38. The maximum atomic E-state index is 10.4. The summed E-state index contributed by atoms with van der Waals surface area (Å²) in [4.78, 5) is 2.18. The fourth-order valence-corrected chi connectivity index (χ4v) is 2.68. The molecule has 0 aromatic heterocycles. The fourth-order valence-electron chi connectivity index (χ4n) is 2.68. The molecule has 120 valence electrons. The predicted molar refractivity (Wildman–Crippen MR) is 87.9 cm³/mol. The van der Waals surface area contributed by atoms with Crippen LogP contribution in [0.4, 0.5) is 0 Å². The minimum Gasteiger partial charge on any atom is -0.496 e. The number of aliphatic hydroxyl groups is 1. The van der Waals surface area contributed by atoms with Crippen LogP contribution in [0.15, 0.2) is 18.2 Å². The van der Waals surface area contributed by atoms with Crippen molar-refractivity contribution in [1.82, 2.24) is 10.2 Å². The largest absolute Gasteiger partial charge is 0.496 e. The van der Waals surface area contributed by atoms with Gasteiger partial charge in [-0.25, -0.2) is 0 Å². The van der Waals surface area contributed by atoms with Crippen molar-refractivity contribution in [3.05, 3.63) is 29.3 Å². The molecule has 0 aliphatic heterocycles. The standard InChI is InChI=1S/C17H30N2O2/c1-13-7-8-16(21-6)14(9-13)15(20)10-18-11-17(2,3)12-19(4)5/h7-9,15,18,20H,10-12H2,1-6H3. The molecule has 4 heteroatoms. The third-order valence-corrected chi connectivity index (χ3v) is 3.43. The van der Waals surface area contributed by atoms with Crippen molar-refractivity contribution in [2.24, 2.45) is 5.41 Å². The van der Waals surface area contributed by atoms with Gasteiger partial charge in [0.1, 0.15) is 5.75 Å². The monoisotopic (exact) mass is 294 g/mol. The molecule has 0 aliphatic carbocycles. The van der Waals surface area contributed by atoms with Crippen LogP contribution in [0.2, 0.25) is 0 Å². The maximum Gasteiger partial charge on any atom is 0.124 e. The highest BCUT2D eigenvalue weighted by Crippen LogP contribution is 2.26. The Morgan fingerprint density at radius 2 is 2.00 bits per heavy atom. The van der Waals surface area contributed by atoms with E-state index in [1.165, 1.54) is 0 Å². The third-order valence-electron chi connectivity index (χ3n) is 3.43. The number of ether oxygens (including phenoxy) is 1. The van der Waals surface area contributed by atoms with E-state index >= 15 is 0 Å². The number of aliphatic hydroxyl groups excluding tert-OH is 1. The Bertz CT molecular complexity index is 444. The second-order valence-corrected chi connectivity index (χ2v) is 6.79. The van der Waals surface area contributed by atoms with Crippen LogP contribution >= 0.6 is 0 Å². The van der Waals surface area contributed by atoms with Crippen molar-refractivity contribution in [2.75, 3.05) is 40.8 Å². The van der Waals surface area contributed by atoms with E-state index in [4.69, 9.17) is 4.74 Å². The molecule has 0 heterocycles. The lowest BCUT2D eigenvalue weighted by Gasteiger charge is -2.29. The van der Waals surface area contributed by atoms with Gasteiger partial charge in [-0.15, -0.1) is 0 Å². The Kier molecular flexibility index (Phi) is 6.65. The minimum atomic E-state index is -0.560. The van der Waals surface area contributed by atoms with Crippen LogP contribution in [0.1, 0.15) is 31.1 Å². The molecule has 1 rings (SSSR count). The van der Waals surface area contributed by atoms with Crippen molar-refractivity contribution in [3.8, 4) is 5.75 Å². The van der Waals surface area contributed by atoms with Crippen LogP contribution in [0.5, 0.6) is 5.75 Å². The third kappa shape index (κ3) is 6.04. The first kappa shape index (κ1) is 18.0. The quantitative estimate of drug-likeness (QED) is 0.771. The molecule has 2 N–H and O–H groups in total. The molecule has 0 saturated heterocycles. The second-order valence-electron chi connectivity index (χ2n) is 6.79. The first-order valence-electron chi connectivity index (χ1n) is 7.43. The number of hydrogen-bond donors (Lipinski definition) is 2. The first-order valence-corrected chi connectivity index (χ1v) is 7.43. The van der Waals surface area contributed by atoms with Gasteiger partial charge in [0.2, 0.25) is 0 Å². The van der Waals surface area contributed by atoms with Gasteiger partial charge in [-0.05, 0) is 38.6 Å². The lowest BCUT2D eigenvalue weighted by molar-refractivity contribution is 0.159. The average molecular weight is 294 g/mol. The number of benzene rings is 1. The van der Waals surface area contributed by atoms with Crippen LogP contribution in [0.25, 0.3) is 0 Å². The molecule has 0 saturated carbocycles. The van der Waals surface area contributed by atoms with Gasteiger partial charge in [-0.3, -0.25) is 0 Å². The molecule has 0 bridgehead atoms. The number of hydrogen-bond acceptors (Lipinski definition) is 4. The molecule has 0 fully saturated rings. The van der Waals surface area contributed by atoms with Crippen LogP contribution < -0.4 is 10.1 Å².